The highest BCUT2D eigenvalue weighted by molar-refractivity contribution is 7.09. The third-order valence-corrected chi connectivity index (χ3v) is 3.39. The molecule has 6 heteroatoms. The molecule has 0 saturated heterocycles. The lowest BCUT2D eigenvalue weighted by molar-refractivity contribution is -0.128. The third kappa shape index (κ3) is 6.96. The van der Waals surface area contributed by atoms with Gasteiger partial charge in [-0.25, -0.2) is 0 Å². The fourth-order valence-electron chi connectivity index (χ4n) is 1.36. The van der Waals surface area contributed by atoms with Crippen LogP contribution in [0.15, 0.2) is 17.5 Å². The molecule has 1 aromatic heterocycles. The van der Waals surface area contributed by atoms with E-state index in [4.69, 9.17) is 4.74 Å². The first kappa shape index (κ1) is 17.4. The molecular formula is C12H21ClN2O2S. The largest absolute Gasteiger partial charge is 0.383 e. The second-order valence-corrected chi connectivity index (χ2v) is 4.85. The second kappa shape index (κ2) is 10.3. The fraction of sp³-hybridized carbons (Fsp3) is 0.583. The van der Waals surface area contributed by atoms with E-state index < -0.39 is 0 Å². The van der Waals surface area contributed by atoms with Gasteiger partial charge < -0.3 is 15.0 Å². The van der Waals surface area contributed by atoms with Crippen molar-refractivity contribution in [3.05, 3.63) is 22.4 Å². The number of carbonyl (C=O) groups excluding carboxylic acids is 1. The van der Waals surface area contributed by atoms with Gasteiger partial charge in [-0.05, 0) is 17.9 Å². The van der Waals surface area contributed by atoms with E-state index in [1.165, 1.54) is 4.88 Å². The highest BCUT2D eigenvalue weighted by Gasteiger charge is 2.07. The van der Waals surface area contributed by atoms with Gasteiger partial charge in [0.05, 0.1) is 13.2 Å². The van der Waals surface area contributed by atoms with Crippen LogP contribution in [-0.2, 0) is 16.0 Å². The first-order valence-corrected chi connectivity index (χ1v) is 6.58. The molecule has 104 valence electrons. The van der Waals surface area contributed by atoms with Crippen molar-refractivity contribution < 1.29 is 9.53 Å². The lowest BCUT2D eigenvalue weighted by Gasteiger charge is -2.16. The van der Waals surface area contributed by atoms with Gasteiger partial charge in [0.2, 0.25) is 5.91 Å². The van der Waals surface area contributed by atoms with Gasteiger partial charge in [-0.15, -0.1) is 23.7 Å². The van der Waals surface area contributed by atoms with Crippen LogP contribution in [0.25, 0.3) is 0 Å². The van der Waals surface area contributed by atoms with Crippen LogP contribution in [0.4, 0.5) is 0 Å². The number of rotatable bonds is 8. The van der Waals surface area contributed by atoms with E-state index in [2.05, 4.69) is 16.8 Å². The van der Waals surface area contributed by atoms with Gasteiger partial charge in [-0.3, -0.25) is 4.79 Å². The first-order valence-electron chi connectivity index (χ1n) is 5.70. The lowest BCUT2D eigenvalue weighted by Crippen LogP contribution is -2.37. The summed E-state index contributed by atoms with van der Waals surface area (Å²) in [4.78, 5) is 14.8. The minimum absolute atomic E-state index is 0. The molecule has 4 nitrogen and oxygen atoms in total. The molecule has 0 fully saturated rings. The Morgan fingerprint density at radius 3 is 2.94 bits per heavy atom. The predicted molar refractivity (Wildman–Crippen MR) is 77.7 cm³/mol. The van der Waals surface area contributed by atoms with Gasteiger partial charge in [0, 0.05) is 32.1 Å². The summed E-state index contributed by atoms with van der Waals surface area (Å²) in [6.07, 6.45) is 0.929. The summed E-state index contributed by atoms with van der Waals surface area (Å²) in [6, 6.07) is 4.13. The van der Waals surface area contributed by atoms with Crippen molar-refractivity contribution >= 4 is 29.7 Å². The Kier molecular flexibility index (Phi) is 9.96. The Morgan fingerprint density at radius 1 is 1.56 bits per heavy atom. The average molecular weight is 293 g/mol. The van der Waals surface area contributed by atoms with Gasteiger partial charge in [0.1, 0.15) is 0 Å². The van der Waals surface area contributed by atoms with E-state index in [1.54, 1.807) is 23.3 Å². The highest BCUT2D eigenvalue weighted by atomic mass is 35.5. The molecule has 0 aliphatic heterocycles. The molecule has 0 aromatic carbocycles. The molecule has 0 saturated carbocycles. The molecule has 1 amide bonds. The molecule has 18 heavy (non-hydrogen) atoms. The molecule has 1 aromatic rings. The van der Waals surface area contributed by atoms with Crippen LogP contribution < -0.4 is 5.32 Å². The summed E-state index contributed by atoms with van der Waals surface area (Å²) in [6.45, 7) is 2.49. The predicted octanol–water partition coefficient (Wildman–Crippen LogP) is 1.41. The van der Waals surface area contributed by atoms with Crippen molar-refractivity contribution in [2.45, 2.75) is 6.42 Å². The van der Waals surface area contributed by atoms with E-state index in [1.807, 2.05) is 13.1 Å². The molecule has 0 radical (unpaired) electrons. The number of halogens is 1. The molecule has 1 heterocycles. The Morgan fingerprint density at radius 2 is 2.33 bits per heavy atom. The normalized spacial score (nSPS) is 9.89. The number of likely N-dealkylation sites (N-methyl/N-ethyl adjacent to an activating group) is 1. The average Bonchev–Trinajstić information content (AvgIpc) is 2.84. The van der Waals surface area contributed by atoms with Crippen molar-refractivity contribution in [2.75, 3.05) is 40.4 Å². The quantitative estimate of drug-likeness (QED) is 0.737. The number of methoxy groups -OCH3 is 1. The van der Waals surface area contributed by atoms with Gasteiger partial charge in [-0.1, -0.05) is 6.07 Å². The number of nitrogens with one attached hydrogen (secondary N) is 1. The first-order chi connectivity index (χ1) is 8.24. The Bertz CT molecular complexity index is 320. The van der Waals surface area contributed by atoms with Gasteiger partial charge >= 0.3 is 0 Å². The number of hydrogen-bond acceptors (Lipinski definition) is 4. The number of thiophene rings is 1. The zero-order valence-corrected chi connectivity index (χ0v) is 12.5. The van der Waals surface area contributed by atoms with E-state index in [-0.39, 0.29) is 18.3 Å². The van der Waals surface area contributed by atoms with Crippen LogP contribution in [0.5, 0.6) is 0 Å². The number of carbonyl (C=O) groups is 1. The van der Waals surface area contributed by atoms with Gasteiger partial charge in [0.25, 0.3) is 0 Å². The summed E-state index contributed by atoms with van der Waals surface area (Å²) in [5, 5.41) is 5.11. The molecule has 0 spiro atoms. The van der Waals surface area contributed by atoms with E-state index in [9.17, 15) is 4.79 Å². The summed E-state index contributed by atoms with van der Waals surface area (Å²) >= 11 is 1.73. The second-order valence-electron chi connectivity index (χ2n) is 3.81. The van der Waals surface area contributed by atoms with E-state index in [0.29, 0.717) is 19.7 Å². The zero-order valence-electron chi connectivity index (χ0n) is 10.8. The molecular weight excluding hydrogens is 272 g/mol. The van der Waals surface area contributed by atoms with Crippen molar-refractivity contribution in [1.82, 2.24) is 10.2 Å². The summed E-state index contributed by atoms with van der Waals surface area (Å²) < 4.78 is 4.89. The van der Waals surface area contributed by atoms with Gasteiger partial charge in [-0.2, -0.15) is 0 Å². The molecule has 0 bridgehead atoms. The maximum absolute atomic E-state index is 11.7. The van der Waals surface area contributed by atoms with Crippen LogP contribution in [0.2, 0.25) is 0 Å². The summed E-state index contributed by atoms with van der Waals surface area (Å²) in [7, 11) is 3.49. The smallest absolute Gasteiger partial charge is 0.236 e. The highest BCUT2D eigenvalue weighted by Crippen LogP contribution is 2.09. The third-order valence-electron chi connectivity index (χ3n) is 2.46. The molecule has 1 rings (SSSR count). The number of nitrogens with zero attached hydrogens (tertiary/aromatic N) is 1. The Hall–Kier alpha value is -0.620. The van der Waals surface area contributed by atoms with Crippen molar-refractivity contribution in [2.24, 2.45) is 0 Å². The summed E-state index contributed by atoms with van der Waals surface area (Å²) in [5.41, 5.74) is 0. The summed E-state index contributed by atoms with van der Waals surface area (Å²) in [5.74, 6) is 0.123. The molecule has 0 atom stereocenters. The van der Waals surface area contributed by atoms with Crippen LogP contribution in [0.1, 0.15) is 4.88 Å². The van der Waals surface area contributed by atoms with E-state index >= 15 is 0 Å². The number of hydrogen-bond donors (Lipinski definition) is 1. The Labute approximate surface area is 119 Å². The van der Waals surface area contributed by atoms with Crippen molar-refractivity contribution in [1.29, 1.82) is 0 Å². The maximum atomic E-state index is 11.7. The van der Waals surface area contributed by atoms with Crippen LogP contribution in [0, 0.1) is 0 Å². The maximum Gasteiger partial charge on any atom is 0.236 e. The Balaban J connectivity index is 0.00000289. The van der Waals surface area contributed by atoms with Crippen LogP contribution in [0.3, 0.4) is 0 Å². The molecule has 1 N–H and O–H groups in total. The lowest BCUT2D eigenvalue weighted by atomic mass is 10.3. The number of ether oxygens (including phenoxy) is 1. The fourth-order valence-corrected chi connectivity index (χ4v) is 2.06. The van der Waals surface area contributed by atoms with Gasteiger partial charge in [0.15, 0.2) is 0 Å². The SMILES string of the molecule is COCCNCC(=O)N(C)CCc1cccs1.Cl. The van der Waals surface area contributed by atoms with Crippen molar-refractivity contribution in [3.63, 3.8) is 0 Å². The molecule has 0 aliphatic rings. The minimum atomic E-state index is 0. The minimum Gasteiger partial charge on any atom is -0.383 e. The van der Waals surface area contributed by atoms with E-state index in [0.717, 1.165) is 13.0 Å². The topological polar surface area (TPSA) is 41.6 Å². The zero-order chi connectivity index (χ0) is 12.5. The van der Waals surface area contributed by atoms with Crippen LogP contribution in [-0.4, -0.2) is 51.2 Å². The molecule has 0 aliphatic carbocycles. The standard InChI is InChI=1S/C12H20N2O2S.ClH/c1-14(7-5-11-4-3-9-17-11)12(15)10-13-6-8-16-2;/h3-4,9,13H,5-8,10H2,1-2H3;1H. The number of amides is 1. The molecule has 0 unspecified atom stereocenters. The van der Waals surface area contributed by atoms with Crippen LogP contribution >= 0.6 is 23.7 Å². The monoisotopic (exact) mass is 292 g/mol. The van der Waals surface area contributed by atoms with Crippen molar-refractivity contribution in [3.8, 4) is 0 Å².